The Hall–Kier alpha value is -3.06. The number of guanidine groups is 2. The van der Waals surface area contributed by atoms with Crippen molar-refractivity contribution in [2.45, 2.75) is 37.8 Å². The Balaban J connectivity index is 1.80. The Kier molecular flexibility index (Phi) is 4.03. The number of aromatic nitrogens is 1. The first kappa shape index (κ1) is 18.0. The van der Waals surface area contributed by atoms with Crippen LogP contribution in [-0.4, -0.2) is 22.6 Å². The molecule has 7 nitrogen and oxygen atoms in total. The molecule has 1 spiro atoms. The summed E-state index contributed by atoms with van der Waals surface area (Å²) >= 11 is 6.11. The summed E-state index contributed by atoms with van der Waals surface area (Å²) in [7, 11) is 0. The molecule has 29 heavy (non-hydrogen) atoms. The number of nitrogens with one attached hydrogen (secondary N) is 1. The maximum Gasteiger partial charge on any atom is 0.220 e. The summed E-state index contributed by atoms with van der Waals surface area (Å²) < 4.78 is 0. The number of aliphatic imine (C=N–C) groups is 2. The quantitative estimate of drug-likeness (QED) is 0.535. The molecule has 0 atom stereocenters. The van der Waals surface area contributed by atoms with Gasteiger partial charge in [-0.2, -0.15) is 4.99 Å². The molecule has 0 unspecified atom stereocenters. The first-order chi connectivity index (χ1) is 14.0. The van der Waals surface area contributed by atoms with Crippen LogP contribution in [0.25, 0.3) is 21.8 Å². The number of benzene rings is 2. The second kappa shape index (κ2) is 6.49. The molecule has 0 bridgehead atoms. The van der Waals surface area contributed by atoms with E-state index in [9.17, 15) is 4.79 Å². The minimum absolute atomic E-state index is 0.0775. The zero-order valence-corrected chi connectivity index (χ0v) is 16.5. The summed E-state index contributed by atoms with van der Waals surface area (Å²) in [4.78, 5) is 27.5. The van der Waals surface area contributed by atoms with Gasteiger partial charge in [0.05, 0.1) is 11.2 Å². The normalized spacial score (nSPS) is 18.9. The molecule has 2 aromatic carbocycles. The topological polar surface area (TPSA) is 113 Å². The summed E-state index contributed by atoms with van der Waals surface area (Å²) in [6.45, 7) is 0. The van der Waals surface area contributed by atoms with Gasteiger partial charge < -0.3 is 16.5 Å². The number of hydrogen-bond donors (Lipinski definition) is 3. The lowest BCUT2D eigenvalue weighted by Crippen LogP contribution is -2.58. The number of rotatable bonds is 1. The van der Waals surface area contributed by atoms with Crippen molar-refractivity contribution in [2.24, 2.45) is 21.5 Å². The number of H-pyrrole nitrogens is 1. The Morgan fingerprint density at radius 2 is 1.86 bits per heavy atom. The van der Waals surface area contributed by atoms with Gasteiger partial charge in [0.15, 0.2) is 5.43 Å². The number of aromatic amines is 1. The SMILES string of the molecule is NC1=NC2(CCCCC2)N(c2cccc3c(=O)c4cc(Cl)ccc4[nH]c23)C(N)=N1. The molecule has 1 fully saturated rings. The van der Waals surface area contributed by atoms with Crippen LogP contribution in [0.15, 0.2) is 51.2 Å². The van der Waals surface area contributed by atoms with Gasteiger partial charge >= 0.3 is 0 Å². The molecule has 5 rings (SSSR count). The first-order valence-corrected chi connectivity index (χ1v) is 10.1. The minimum atomic E-state index is -0.575. The summed E-state index contributed by atoms with van der Waals surface area (Å²) in [6, 6.07) is 10.9. The number of nitrogens with zero attached hydrogens (tertiary/aromatic N) is 3. The molecule has 1 aliphatic carbocycles. The smallest absolute Gasteiger partial charge is 0.220 e. The van der Waals surface area contributed by atoms with Gasteiger partial charge in [-0.25, -0.2) is 4.99 Å². The zero-order chi connectivity index (χ0) is 20.2. The lowest BCUT2D eigenvalue weighted by Gasteiger charge is -2.45. The van der Waals surface area contributed by atoms with E-state index in [1.807, 2.05) is 23.1 Å². The van der Waals surface area contributed by atoms with Crippen LogP contribution in [-0.2, 0) is 0 Å². The van der Waals surface area contributed by atoms with Crippen LogP contribution in [0.3, 0.4) is 0 Å². The predicted molar refractivity (Wildman–Crippen MR) is 119 cm³/mol. The standard InChI is InChI=1S/C21H21ClN6O/c22-12-7-8-15-14(11-12)18(29)13-5-4-6-16(17(13)25-15)28-20(24)26-19(23)27-21(28)9-2-1-3-10-21/h4-8,11H,1-3,9-10H2,(H,25,29)(H4,23,24,26,27). The van der Waals surface area contributed by atoms with Gasteiger partial charge in [0.25, 0.3) is 0 Å². The molecule has 1 saturated carbocycles. The van der Waals surface area contributed by atoms with Gasteiger partial charge in [-0.15, -0.1) is 0 Å². The van der Waals surface area contributed by atoms with Gasteiger partial charge in [0.1, 0.15) is 5.66 Å². The van der Waals surface area contributed by atoms with Crippen LogP contribution in [0.5, 0.6) is 0 Å². The average molecular weight is 409 g/mol. The fraction of sp³-hybridized carbons (Fsp3) is 0.286. The number of fused-ring (bicyclic) bond motifs is 2. The monoisotopic (exact) mass is 408 g/mol. The van der Waals surface area contributed by atoms with Crippen molar-refractivity contribution in [3.05, 3.63) is 51.6 Å². The number of pyridine rings is 1. The molecular formula is C21H21ClN6O. The summed E-state index contributed by atoms with van der Waals surface area (Å²) in [5, 5.41) is 1.65. The number of anilines is 1. The molecule has 0 saturated heterocycles. The predicted octanol–water partition coefficient (Wildman–Crippen LogP) is 3.44. The highest BCUT2D eigenvalue weighted by atomic mass is 35.5. The molecule has 1 aliphatic heterocycles. The number of nitrogens with two attached hydrogens (primary N) is 2. The van der Waals surface area contributed by atoms with Crippen LogP contribution in [0.4, 0.5) is 5.69 Å². The molecule has 148 valence electrons. The molecule has 0 radical (unpaired) electrons. The molecular weight excluding hydrogens is 388 g/mol. The third kappa shape index (κ3) is 2.76. The van der Waals surface area contributed by atoms with E-state index in [0.29, 0.717) is 32.8 Å². The Morgan fingerprint density at radius 3 is 2.66 bits per heavy atom. The van der Waals surface area contributed by atoms with E-state index in [4.69, 9.17) is 28.1 Å². The van der Waals surface area contributed by atoms with Gasteiger partial charge in [-0.05, 0) is 56.0 Å². The second-order valence-electron chi connectivity index (χ2n) is 7.66. The third-order valence-electron chi connectivity index (χ3n) is 5.87. The van der Waals surface area contributed by atoms with Gasteiger partial charge in [-0.1, -0.05) is 24.1 Å². The molecule has 1 aromatic heterocycles. The van der Waals surface area contributed by atoms with E-state index in [0.717, 1.165) is 37.8 Å². The Labute approximate surface area is 172 Å². The fourth-order valence-electron chi connectivity index (χ4n) is 4.61. The van der Waals surface area contributed by atoms with Gasteiger partial charge in [0, 0.05) is 21.3 Å². The molecule has 3 aromatic rings. The van der Waals surface area contributed by atoms with E-state index in [2.05, 4.69) is 9.98 Å². The average Bonchev–Trinajstić information content (AvgIpc) is 2.69. The lowest BCUT2D eigenvalue weighted by atomic mass is 9.87. The van der Waals surface area contributed by atoms with Crippen molar-refractivity contribution in [1.82, 2.24) is 4.98 Å². The summed E-state index contributed by atoms with van der Waals surface area (Å²) in [5.74, 6) is 0.499. The largest absolute Gasteiger partial charge is 0.369 e. The van der Waals surface area contributed by atoms with Crippen molar-refractivity contribution in [3.8, 4) is 0 Å². The Bertz CT molecular complexity index is 1260. The van der Waals surface area contributed by atoms with Crippen LogP contribution >= 0.6 is 11.6 Å². The zero-order valence-electron chi connectivity index (χ0n) is 15.8. The molecule has 5 N–H and O–H groups in total. The van der Waals surface area contributed by atoms with E-state index < -0.39 is 5.66 Å². The second-order valence-corrected chi connectivity index (χ2v) is 8.10. The van der Waals surface area contributed by atoms with Gasteiger partial charge in [0.2, 0.25) is 11.9 Å². The third-order valence-corrected chi connectivity index (χ3v) is 6.10. The van der Waals surface area contributed by atoms with Crippen molar-refractivity contribution in [1.29, 1.82) is 0 Å². The van der Waals surface area contributed by atoms with Crippen molar-refractivity contribution < 1.29 is 0 Å². The van der Waals surface area contributed by atoms with E-state index in [1.165, 1.54) is 0 Å². The maximum atomic E-state index is 13.2. The van der Waals surface area contributed by atoms with Crippen molar-refractivity contribution >= 4 is 51.0 Å². The van der Waals surface area contributed by atoms with E-state index in [-0.39, 0.29) is 11.4 Å². The summed E-state index contributed by atoms with van der Waals surface area (Å²) in [6.07, 6.45) is 4.87. The number of hydrogen-bond acceptors (Lipinski definition) is 6. The van der Waals surface area contributed by atoms with Crippen LogP contribution in [0.1, 0.15) is 32.1 Å². The number of halogens is 1. The first-order valence-electron chi connectivity index (χ1n) is 9.72. The van der Waals surface area contributed by atoms with E-state index in [1.54, 1.807) is 18.2 Å². The highest BCUT2D eigenvalue weighted by molar-refractivity contribution is 6.31. The van der Waals surface area contributed by atoms with Crippen LogP contribution in [0.2, 0.25) is 5.02 Å². The van der Waals surface area contributed by atoms with Crippen LogP contribution in [0, 0.1) is 0 Å². The maximum absolute atomic E-state index is 13.2. The number of para-hydroxylation sites is 1. The molecule has 8 heteroatoms. The van der Waals surface area contributed by atoms with Crippen molar-refractivity contribution in [3.63, 3.8) is 0 Å². The highest BCUT2D eigenvalue weighted by Gasteiger charge is 2.43. The van der Waals surface area contributed by atoms with E-state index >= 15 is 0 Å². The van der Waals surface area contributed by atoms with Gasteiger partial charge in [-0.3, -0.25) is 9.69 Å². The molecule has 2 heterocycles. The lowest BCUT2D eigenvalue weighted by molar-refractivity contribution is 0.306. The minimum Gasteiger partial charge on any atom is -0.369 e. The van der Waals surface area contributed by atoms with Crippen LogP contribution < -0.4 is 21.8 Å². The molecule has 0 amide bonds. The fourth-order valence-corrected chi connectivity index (χ4v) is 4.78. The Morgan fingerprint density at radius 1 is 1.07 bits per heavy atom. The molecule has 2 aliphatic rings. The highest BCUT2D eigenvalue weighted by Crippen LogP contribution is 2.41. The summed E-state index contributed by atoms with van der Waals surface area (Å²) in [5.41, 5.74) is 13.9. The van der Waals surface area contributed by atoms with Crippen molar-refractivity contribution in [2.75, 3.05) is 4.90 Å².